The summed E-state index contributed by atoms with van der Waals surface area (Å²) in [4.78, 5) is 0. The van der Waals surface area contributed by atoms with Crippen LogP contribution in [0.15, 0.2) is 0 Å². The van der Waals surface area contributed by atoms with Crippen molar-refractivity contribution in [3.8, 4) is 0 Å². The summed E-state index contributed by atoms with van der Waals surface area (Å²) in [6.07, 6.45) is 3.94. The summed E-state index contributed by atoms with van der Waals surface area (Å²) < 4.78 is 0. The van der Waals surface area contributed by atoms with E-state index >= 15 is 0 Å². The third-order valence-electron chi connectivity index (χ3n) is 2.30. The van der Waals surface area contributed by atoms with Crippen LogP contribution in [0, 0.1) is 5.92 Å². The molecule has 0 radical (unpaired) electrons. The topological polar surface area (TPSA) is 52.0 Å². The van der Waals surface area contributed by atoms with Crippen LogP contribution in [0.2, 0.25) is 0 Å². The van der Waals surface area contributed by atoms with E-state index in [1.807, 2.05) is 6.92 Å². The Morgan fingerprint density at radius 1 is 1.33 bits per heavy atom. The Bertz CT molecular complexity index is 86.9. The van der Waals surface area contributed by atoms with Crippen LogP contribution in [0.1, 0.15) is 26.2 Å². The summed E-state index contributed by atoms with van der Waals surface area (Å²) >= 11 is 0. The SMILES string of the molecule is C[C@H](N)[C@H](N)C1CCC1. The minimum absolute atomic E-state index is 0.176. The van der Waals surface area contributed by atoms with Gasteiger partial charge in [0.15, 0.2) is 0 Å². The molecule has 0 unspecified atom stereocenters. The molecule has 0 bridgehead atoms. The van der Waals surface area contributed by atoms with Crippen molar-refractivity contribution in [2.45, 2.75) is 38.3 Å². The largest absolute Gasteiger partial charge is 0.327 e. The molecular weight excluding hydrogens is 112 g/mol. The van der Waals surface area contributed by atoms with Crippen molar-refractivity contribution in [2.24, 2.45) is 17.4 Å². The summed E-state index contributed by atoms with van der Waals surface area (Å²) in [6.45, 7) is 1.99. The normalized spacial score (nSPS) is 27.0. The molecule has 1 saturated carbocycles. The van der Waals surface area contributed by atoms with E-state index in [-0.39, 0.29) is 12.1 Å². The number of hydrogen-bond donors (Lipinski definition) is 2. The lowest BCUT2D eigenvalue weighted by Crippen LogP contribution is -2.46. The summed E-state index contributed by atoms with van der Waals surface area (Å²) in [5.74, 6) is 0.727. The lowest BCUT2D eigenvalue weighted by molar-refractivity contribution is 0.242. The highest BCUT2D eigenvalue weighted by atomic mass is 14.8. The van der Waals surface area contributed by atoms with Gasteiger partial charge in [0.1, 0.15) is 0 Å². The van der Waals surface area contributed by atoms with Gasteiger partial charge in [-0.05, 0) is 25.7 Å². The lowest BCUT2D eigenvalue weighted by Gasteiger charge is -2.33. The molecule has 2 nitrogen and oxygen atoms in total. The molecule has 1 aliphatic carbocycles. The van der Waals surface area contributed by atoms with Gasteiger partial charge in [0.05, 0.1) is 0 Å². The van der Waals surface area contributed by atoms with Crippen molar-refractivity contribution in [3.05, 3.63) is 0 Å². The van der Waals surface area contributed by atoms with Gasteiger partial charge < -0.3 is 11.5 Å². The average molecular weight is 128 g/mol. The molecular formula is C7H16N2. The molecule has 2 heteroatoms. The predicted octanol–water partition coefficient (Wildman–Crippen LogP) is 0.461. The van der Waals surface area contributed by atoms with E-state index in [2.05, 4.69) is 0 Å². The highest BCUT2D eigenvalue weighted by molar-refractivity contribution is 4.84. The number of nitrogens with two attached hydrogens (primary N) is 2. The molecule has 0 spiro atoms. The van der Waals surface area contributed by atoms with Gasteiger partial charge in [-0.3, -0.25) is 0 Å². The van der Waals surface area contributed by atoms with E-state index in [9.17, 15) is 0 Å². The Morgan fingerprint density at radius 2 is 1.89 bits per heavy atom. The second-order valence-electron chi connectivity index (χ2n) is 3.13. The van der Waals surface area contributed by atoms with Crippen LogP contribution in [-0.4, -0.2) is 12.1 Å². The second kappa shape index (κ2) is 2.67. The molecule has 0 aliphatic heterocycles. The van der Waals surface area contributed by atoms with E-state index in [4.69, 9.17) is 11.5 Å². The van der Waals surface area contributed by atoms with Crippen molar-refractivity contribution < 1.29 is 0 Å². The fourth-order valence-corrected chi connectivity index (χ4v) is 1.25. The van der Waals surface area contributed by atoms with Gasteiger partial charge in [-0.15, -0.1) is 0 Å². The van der Waals surface area contributed by atoms with Gasteiger partial charge in [0, 0.05) is 12.1 Å². The summed E-state index contributed by atoms with van der Waals surface area (Å²) in [5, 5.41) is 0. The van der Waals surface area contributed by atoms with Gasteiger partial charge in [-0.25, -0.2) is 0 Å². The van der Waals surface area contributed by atoms with Crippen LogP contribution in [0.5, 0.6) is 0 Å². The van der Waals surface area contributed by atoms with Gasteiger partial charge >= 0.3 is 0 Å². The van der Waals surface area contributed by atoms with Gasteiger partial charge in [-0.1, -0.05) is 6.42 Å². The van der Waals surface area contributed by atoms with Crippen LogP contribution in [0.25, 0.3) is 0 Å². The Hall–Kier alpha value is -0.0800. The van der Waals surface area contributed by atoms with Crippen molar-refractivity contribution in [3.63, 3.8) is 0 Å². The first kappa shape index (κ1) is 7.03. The first-order valence-corrected chi connectivity index (χ1v) is 3.73. The molecule has 54 valence electrons. The number of rotatable bonds is 2. The van der Waals surface area contributed by atoms with Gasteiger partial charge in [-0.2, -0.15) is 0 Å². The Kier molecular flexibility index (Phi) is 2.09. The smallest absolute Gasteiger partial charge is 0.0218 e. The molecule has 0 heterocycles. The maximum atomic E-state index is 5.80. The van der Waals surface area contributed by atoms with Crippen molar-refractivity contribution in [2.75, 3.05) is 0 Å². The molecule has 0 amide bonds. The van der Waals surface area contributed by atoms with Gasteiger partial charge in [0.25, 0.3) is 0 Å². The summed E-state index contributed by atoms with van der Waals surface area (Å²) in [7, 11) is 0. The van der Waals surface area contributed by atoms with E-state index in [0.717, 1.165) is 5.92 Å². The van der Waals surface area contributed by atoms with E-state index in [1.165, 1.54) is 19.3 Å². The summed E-state index contributed by atoms with van der Waals surface area (Å²) in [5.41, 5.74) is 11.4. The molecule has 9 heavy (non-hydrogen) atoms. The molecule has 0 saturated heterocycles. The van der Waals surface area contributed by atoms with Gasteiger partial charge in [0.2, 0.25) is 0 Å². The standard InChI is InChI=1S/C7H16N2/c1-5(8)7(9)6-3-2-4-6/h5-7H,2-4,8-9H2,1H3/t5-,7-/m0/s1. The first-order valence-electron chi connectivity index (χ1n) is 3.73. The average Bonchev–Trinajstić information content (AvgIpc) is 1.60. The highest BCUT2D eigenvalue weighted by Crippen LogP contribution is 2.29. The maximum Gasteiger partial charge on any atom is 0.0218 e. The van der Waals surface area contributed by atoms with Crippen LogP contribution in [0.3, 0.4) is 0 Å². The fourth-order valence-electron chi connectivity index (χ4n) is 1.25. The van der Waals surface area contributed by atoms with Crippen molar-refractivity contribution >= 4 is 0 Å². The third-order valence-corrected chi connectivity index (χ3v) is 2.30. The van der Waals surface area contributed by atoms with Crippen molar-refractivity contribution in [1.82, 2.24) is 0 Å². The molecule has 1 aliphatic rings. The minimum atomic E-state index is 0.176. The molecule has 0 aromatic rings. The fraction of sp³-hybridized carbons (Fsp3) is 1.00. The monoisotopic (exact) mass is 128 g/mol. The lowest BCUT2D eigenvalue weighted by atomic mass is 9.78. The Labute approximate surface area is 56.6 Å². The molecule has 2 atom stereocenters. The second-order valence-corrected chi connectivity index (χ2v) is 3.13. The first-order chi connectivity index (χ1) is 4.22. The molecule has 0 aromatic carbocycles. The Balaban J connectivity index is 2.23. The van der Waals surface area contributed by atoms with E-state index < -0.39 is 0 Å². The molecule has 1 rings (SSSR count). The minimum Gasteiger partial charge on any atom is -0.327 e. The quantitative estimate of drug-likeness (QED) is 0.567. The van der Waals surface area contributed by atoms with Crippen LogP contribution in [0.4, 0.5) is 0 Å². The van der Waals surface area contributed by atoms with Crippen molar-refractivity contribution in [1.29, 1.82) is 0 Å². The third kappa shape index (κ3) is 1.43. The predicted molar refractivity (Wildman–Crippen MR) is 39.0 cm³/mol. The zero-order valence-corrected chi connectivity index (χ0v) is 6.01. The van der Waals surface area contributed by atoms with Crippen LogP contribution in [-0.2, 0) is 0 Å². The molecule has 4 N–H and O–H groups in total. The van der Waals surface area contributed by atoms with Crippen LogP contribution >= 0.6 is 0 Å². The Morgan fingerprint density at radius 3 is 2.00 bits per heavy atom. The van der Waals surface area contributed by atoms with E-state index in [1.54, 1.807) is 0 Å². The molecule has 0 aromatic heterocycles. The van der Waals surface area contributed by atoms with Crippen LogP contribution < -0.4 is 11.5 Å². The highest BCUT2D eigenvalue weighted by Gasteiger charge is 2.26. The zero-order valence-electron chi connectivity index (χ0n) is 6.01. The zero-order chi connectivity index (χ0) is 6.85. The summed E-state index contributed by atoms with van der Waals surface area (Å²) in [6, 6.07) is 0.425. The van der Waals surface area contributed by atoms with E-state index in [0.29, 0.717) is 0 Å². The molecule has 1 fully saturated rings. The maximum absolute atomic E-state index is 5.80. The number of hydrogen-bond acceptors (Lipinski definition) is 2.